The van der Waals surface area contributed by atoms with Crippen LogP contribution in [-0.2, 0) is 6.54 Å². The summed E-state index contributed by atoms with van der Waals surface area (Å²) in [6.07, 6.45) is 1.72. The average molecular weight is 216 g/mol. The van der Waals surface area contributed by atoms with E-state index in [1.807, 2.05) is 25.1 Å². The van der Waals surface area contributed by atoms with Crippen molar-refractivity contribution in [2.75, 3.05) is 0 Å². The third-order valence-corrected chi connectivity index (χ3v) is 2.50. The fourth-order valence-electron chi connectivity index (χ4n) is 1.62. The monoisotopic (exact) mass is 216 g/mol. The Labute approximate surface area is 93.9 Å². The largest absolute Gasteiger partial charge is 0.326 e. The van der Waals surface area contributed by atoms with E-state index >= 15 is 0 Å². The van der Waals surface area contributed by atoms with Crippen LogP contribution in [0.3, 0.4) is 0 Å². The zero-order valence-electron chi connectivity index (χ0n) is 9.07. The summed E-state index contributed by atoms with van der Waals surface area (Å²) in [5.41, 5.74) is 8.68. The van der Waals surface area contributed by atoms with Gasteiger partial charge in [0.15, 0.2) is 0 Å². The highest BCUT2D eigenvalue weighted by Crippen LogP contribution is 2.21. The fourth-order valence-corrected chi connectivity index (χ4v) is 1.62. The van der Waals surface area contributed by atoms with Gasteiger partial charge in [0.25, 0.3) is 0 Å². The van der Waals surface area contributed by atoms with Crippen LogP contribution in [0, 0.1) is 12.7 Å². The second-order valence-electron chi connectivity index (χ2n) is 3.70. The minimum atomic E-state index is -0.255. The van der Waals surface area contributed by atoms with E-state index in [1.54, 1.807) is 12.3 Å². The molecule has 0 amide bonds. The van der Waals surface area contributed by atoms with Crippen molar-refractivity contribution in [3.05, 3.63) is 53.6 Å². The van der Waals surface area contributed by atoms with Crippen molar-refractivity contribution in [1.82, 2.24) is 4.98 Å². The van der Waals surface area contributed by atoms with Crippen molar-refractivity contribution in [1.29, 1.82) is 0 Å². The number of hydrogen-bond donors (Lipinski definition) is 1. The Kier molecular flexibility index (Phi) is 2.97. The SMILES string of the molecule is Cc1cc(-c2ccc(CN)c(F)c2)ccn1. The minimum absolute atomic E-state index is 0.224. The van der Waals surface area contributed by atoms with E-state index in [-0.39, 0.29) is 12.4 Å². The van der Waals surface area contributed by atoms with Gasteiger partial charge in [-0.15, -0.1) is 0 Å². The fraction of sp³-hybridized carbons (Fsp3) is 0.154. The molecule has 3 heteroatoms. The average Bonchev–Trinajstić information content (AvgIpc) is 2.29. The van der Waals surface area contributed by atoms with Gasteiger partial charge in [-0.25, -0.2) is 4.39 Å². The van der Waals surface area contributed by atoms with Crippen molar-refractivity contribution in [3.8, 4) is 11.1 Å². The van der Waals surface area contributed by atoms with Crippen LogP contribution in [0.2, 0.25) is 0 Å². The van der Waals surface area contributed by atoms with Gasteiger partial charge in [-0.3, -0.25) is 4.98 Å². The number of pyridine rings is 1. The number of halogens is 1. The highest BCUT2D eigenvalue weighted by molar-refractivity contribution is 5.63. The van der Waals surface area contributed by atoms with Crippen LogP contribution in [0.15, 0.2) is 36.5 Å². The summed E-state index contributed by atoms with van der Waals surface area (Å²) in [5, 5.41) is 0. The van der Waals surface area contributed by atoms with Gasteiger partial charge in [0.2, 0.25) is 0 Å². The molecule has 2 N–H and O–H groups in total. The Hall–Kier alpha value is -1.74. The lowest BCUT2D eigenvalue weighted by Crippen LogP contribution is -1.99. The summed E-state index contributed by atoms with van der Waals surface area (Å²) in [6, 6.07) is 8.90. The molecule has 1 aromatic heterocycles. The third kappa shape index (κ3) is 2.09. The lowest BCUT2D eigenvalue weighted by atomic mass is 10.0. The van der Waals surface area contributed by atoms with Crippen molar-refractivity contribution in [2.24, 2.45) is 5.73 Å². The van der Waals surface area contributed by atoms with E-state index in [9.17, 15) is 4.39 Å². The topological polar surface area (TPSA) is 38.9 Å². The van der Waals surface area contributed by atoms with Crippen LogP contribution in [-0.4, -0.2) is 4.98 Å². The van der Waals surface area contributed by atoms with Gasteiger partial charge in [-0.05, 0) is 36.2 Å². The summed E-state index contributed by atoms with van der Waals surface area (Å²) < 4.78 is 13.5. The molecule has 2 nitrogen and oxygen atoms in total. The number of aryl methyl sites for hydroxylation is 1. The van der Waals surface area contributed by atoms with E-state index in [0.717, 1.165) is 16.8 Å². The summed E-state index contributed by atoms with van der Waals surface area (Å²) in [6.45, 7) is 2.13. The van der Waals surface area contributed by atoms with Gasteiger partial charge in [-0.2, -0.15) is 0 Å². The minimum Gasteiger partial charge on any atom is -0.326 e. The zero-order valence-corrected chi connectivity index (χ0v) is 9.07. The van der Waals surface area contributed by atoms with E-state index in [1.165, 1.54) is 6.07 Å². The first kappa shape index (κ1) is 10.8. The first-order valence-electron chi connectivity index (χ1n) is 5.12. The molecule has 0 atom stereocenters. The van der Waals surface area contributed by atoms with Crippen LogP contribution in [0.5, 0.6) is 0 Å². The predicted molar refractivity (Wildman–Crippen MR) is 62.3 cm³/mol. The molecule has 0 bridgehead atoms. The number of aromatic nitrogens is 1. The molecule has 82 valence electrons. The molecular weight excluding hydrogens is 203 g/mol. The molecule has 0 aliphatic carbocycles. The van der Waals surface area contributed by atoms with E-state index < -0.39 is 0 Å². The predicted octanol–water partition coefficient (Wildman–Crippen LogP) is 2.65. The van der Waals surface area contributed by atoms with E-state index in [0.29, 0.717) is 5.56 Å². The second-order valence-corrected chi connectivity index (χ2v) is 3.70. The Morgan fingerprint density at radius 2 is 1.94 bits per heavy atom. The molecule has 0 spiro atoms. The van der Waals surface area contributed by atoms with Gasteiger partial charge in [-0.1, -0.05) is 12.1 Å². The molecule has 2 rings (SSSR count). The van der Waals surface area contributed by atoms with Crippen molar-refractivity contribution in [3.63, 3.8) is 0 Å². The maximum atomic E-state index is 13.5. The molecule has 0 fully saturated rings. The molecule has 1 aromatic carbocycles. The molecule has 0 saturated heterocycles. The Balaban J connectivity index is 2.45. The maximum Gasteiger partial charge on any atom is 0.128 e. The van der Waals surface area contributed by atoms with Crippen molar-refractivity contribution < 1.29 is 4.39 Å². The molecule has 0 aliphatic rings. The van der Waals surface area contributed by atoms with Crippen molar-refractivity contribution in [2.45, 2.75) is 13.5 Å². The highest BCUT2D eigenvalue weighted by Gasteiger charge is 2.04. The first-order valence-corrected chi connectivity index (χ1v) is 5.12. The lowest BCUT2D eigenvalue weighted by molar-refractivity contribution is 0.611. The molecule has 0 saturated carbocycles. The summed E-state index contributed by atoms with van der Waals surface area (Å²) in [7, 11) is 0. The van der Waals surface area contributed by atoms with Crippen LogP contribution >= 0.6 is 0 Å². The van der Waals surface area contributed by atoms with Crippen LogP contribution in [0.1, 0.15) is 11.3 Å². The van der Waals surface area contributed by atoms with Crippen LogP contribution in [0.25, 0.3) is 11.1 Å². The van der Waals surface area contributed by atoms with Gasteiger partial charge in [0.05, 0.1) is 0 Å². The highest BCUT2D eigenvalue weighted by atomic mass is 19.1. The van der Waals surface area contributed by atoms with Crippen LogP contribution in [0.4, 0.5) is 4.39 Å². The normalized spacial score (nSPS) is 10.4. The number of benzene rings is 1. The Bertz CT molecular complexity index is 509. The molecule has 2 aromatic rings. The lowest BCUT2D eigenvalue weighted by Gasteiger charge is -2.05. The number of hydrogen-bond acceptors (Lipinski definition) is 2. The smallest absolute Gasteiger partial charge is 0.128 e. The second kappa shape index (κ2) is 4.41. The maximum absolute atomic E-state index is 13.5. The molecular formula is C13H13FN2. The third-order valence-electron chi connectivity index (χ3n) is 2.50. The first-order chi connectivity index (χ1) is 7.70. The molecule has 16 heavy (non-hydrogen) atoms. The summed E-state index contributed by atoms with van der Waals surface area (Å²) >= 11 is 0. The van der Waals surface area contributed by atoms with Gasteiger partial charge >= 0.3 is 0 Å². The molecule has 1 heterocycles. The Morgan fingerprint density at radius 3 is 2.56 bits per heavy atom. The van der Waals surface area contributed by atoms with Gasteiger partial charge in [0, 0.05) is 24.0 Å². The van der Waals surface area contributed by atoms with Crippen LogP contribution < -0.4 is 5.73 Å². The van der Waals surface area contributed by atoms with E-state index in [4.69, 9.17) is 5.73 Å². The summed E-state index contributed by atoms with van der Waals surface area (Å²) in [4.78, 5) is 4.11. The Morgan fingerprint density at radius 1 is 1.19 bits per heavy atom. The zero-order chi connectivity index (χ0) is 11.5. The van der Waals surface area contributed by atoms with Crippen molar-refractivity contribution >= 4 is 0 Å². The quantitative estimate of drug-likeness (QED) is 0.838. The number of nitrogens with zero attached hydrogens (tertiary/aromatic N) is 1. The molecule has 0 aliphatic heterocycles. The summed E-state index contributed by atoms with van der Waals surface area (Å²) in [5.74, 6) is -0.255. The van der Waals surface area contributed by atoms with E-state index in [2.05, 4.69) is 4.98 Å². The van der Waals surface area contributed by atoms with Gasteiger partial charge in [0.1, 0.15) is 5.82 Å². The number of nitrogens with two attached hydrogens (primary N) is 1. The number of rotatable bonds is 2. The molecule has 0 unspecified atom stereocenters. The molecule has 0 radical (unpaired) electrons. The van der Waals surface area contributed by atoms with Gasteiger partial charge < -0.3 is 5.73 Å². The standard InChI is InChI=1S/C13H13FN2/c1-9-6-11(4-5-16-9)10-2-3-12(8-15)13(14)7-10/h2-7H,8,15H2,1H3.